The lowest BCUT2D eigenvalue weighted by Crippen LogP contribution is -2.35. The van der Waals surface area contributed by atoms with Gasteiger partial charge >= 0.3 is 0 Å². The van der Waals surface area contributed by atoms with Crippen LogP contribution in [0.25, 0.3) is 0 Å². The van der Waals surface area contributed by atoms with Gasteiger partial charge in [-0.3, -0.25) is 4.68 Å². The molecule has 3 heteroatoms. The minimum atomic E-state index is 0.137. The fourth-order valence-electron chi connectivity index (χ4n) is 2.10. The summed E-state index contributed by atoms with van der Waals surface area (Å²) in [6.45, 7) is 10.4. The molecule has 3 nitrogen and oxygen atoms in total. The third-order valence-electron chi connectivity index (χ3n) is 3.33. The van der Waals surface area contributed by atoms with Gasteiger partial charge in [0.15, 0.2) is 0 Å². The third-order valence-corrected chi connectivity index (χ3v) is 3.33. The lowest BCUT2D eigenvalue weighted by molar-refractivity contribution is 0.423. The van der Waals surface area contributed by atoms with Crippen molar-refractivity contribution < 1.29 is 0 Å². The Labute approximate surface area is 122 Å². The van der Waals surface area contributed by atoms with E-state index in [9.17, 15) is 0 Å². The summed E-state index contributed by atoms with van der Waals surface area (Å²) >= 11 is 0. The summed E-state index contributed by atoms with van der Waals surface area (Å²) < 4.78 is 2.06. The molecule has 0 atom stereocenters. The number of nitrogens with one attached hydrogen (secondary N) is 1. The largest absolute Gasteiger partial charge is 0.308 e. The second-order valence-electron chi connectivity index (χ2n) is 6.34. The Morgan fingerprint density at radius 1 is 1.15 bits per heavy atom. The van der Waals surface area contributed by atoms with Crippen LogP contribution in [-0.2, 0) is 19.5 Å². The summed E-state index contributed by atoms with van der Waals surface area (Å²) in [4.78, 5) is 0. The molecule has 0 bridgehead atoms. The molecule has 0 unspecified atom stereocenters. The maximum Gasteiger partial charge on any atom is 0.0638 e. The Bertz CT molecular complexity index is 535. The number of aromatic nitrogens is 2. The molecule has 0 fully saturated rings. The van der Waals surface area contributed by atoms with E-state index in [4.69, 9.17) is 0 Å². The molecule has 20 heavy (non-hydrogen) atoms. The molecule has 2 rings (SSSR count). The number of benzene rings is 1. The lowest BCUT2D eigenvalue weighted by atomic mass is 10.1. The molecular formula is C17H25N3. The van der Waals surface area contributed by atoms with E-state index in [1.165, 1.54) is 11.1 Å². The van der Waals surface area contributed by atoms with Crippen LogP contribution in [0.3, 0.4) is 0 Å². The predicted octanol–water partition coefficient (Wildman–Crippen LogP) is 3.32. The average molecular weight is 271 g/mol. The van der Waals surface area contributed by atoms with E-state index < -0.39 is 0 Å². The molecule has 0 amide bonds. The van der Waals surface area contributed by atoms with Gasteiger partial charge in [-0.15, -0.1) is 0 Å². The number of nitrogens with zero attached hydrogens (tertiary/aromatic N) is 2. The first-order valence-corrected chi connectivity index (χ1v) is 7.26. The molecule has 1 N–H and O–H groups in total. The van der Waals surface area contributed by atoms with Crippen LogP contribution >= 0.6 is 0 Å². The van der Waals surface area contributed by atoms with E-state index in [2.05, 4.69) is 79.3 Å². The minimum Gasteiger partial charge on any atom is -0.308 e. The van der Waals surface area contributed by atoms with E-state index >= 15 is 0 Å². The number of aryl methyl sites for hydroxylation is 3. The van der Waals surface area contributed by atoms with E-state index in [0.717, 1.165) is 25.2 Å². The minimum absolute atomic E-state index is 0.137. The van der Waals surface area contributed by atoms with Gasteiger partial charge in [0.05, 0.1) is 5.69 Å². The Kier molecular flexibility index (Phi) is 4.61. The normalized spacial score (nSPS) is 11.8. The number of hydrogen-bond donors (Lipinski definition) is 1. The van der Waals surface area contributed by atoms with Crippen LogP contribution in [0.4, 0.5) is 0 Å². The monoisotopic (exact) mass is 271 g/mol. The highest BCUT2D eigenvalue weighted by atomic mass is 15.3. The van der Waals surface area contributed by atoms with E-state index in [1.807, 2.05) is 0 Å². The Hall–Kier alpha value is -1.61. The molecule has 0 aliphatic carbocycles. The van der Waals surface area contributed by atoms with Crippen molar-refractivity contribution in [3.63, 3.8) is 0 Å². The molecule has 0 aliphatic rings. The summed E-state index contributed by atoms with van der Waals surface area (Å²) in [6, 6.07) is 10.6. The second-order valence-corrected chi connectivity index (χ2v) is 6.34. The summed E-state index contributed by atoms with van der Waals surface area (Å²) in [5.41, 5.74) is 3.90. The summed E-state index contributed by atoms with van der Waals surface area (Å²) in [5.74, 6) is 0. The summed E-state index contributed by atoms with van der Waals surface area (Å²) in [6.07, 6.45) is 3.19. The second kappa shape index (κ2) is 6.23. The van der Waals surface area contributed by atoms with Gasteiger partial charge in [-0.05, 0) is 39.7 Å². The van der Waals surface area contributed by atoms with Gasteiger partial charge in [-0.25, -0.2) is 0 Å². The zero-order chi connectivity index (χ0) is 14.6. The van der Waals surface area contributed by atoms with Crippen LogP contribution in [0.1, 0.15) is 37.6 Å². The van der Waals surface area contributed by atoms with Gasteiger partial charge in [0.2, 0.25) is 0 Å². The molecule has 0 radical (unpaired) electrons. The van der Waals surface area contributed by atoms with Crippen molar-refractivity contribution in [2.24, 2.45) is 0 Å². The first kappa shape index (κ1) is 14.8. The smallest absolute Gasteiger partial charge is 0.0638 e. The topological polar surface area (TPSA) is 29.9 Å². The van der Waals surface area contributed by atoms with Crippen molar-refractivity contribution >= 4 is 0 Å². The van der Waals surface area contributed by atoms with Gasteiger partial charge in [-0.2, -0.15) is 5.10 Å². The summed E-state index contributed by atoms with van der Waals surface area (Å²) in [7, 11) is 0. The fourth-order valence-corrected chi connectivity index (χ4v) is 2.10. The van der Waals surface area contributed by atoms with E-state index in [0.29, 0.717) is 0 Å². The van der Waals surface area contributed by atoms with Crippen molar-refractivity contribution in [1.82, 2.24) is 15.1 Å². The maximum absolute atomic E-state index is 4.60. The SMILES string of the molecule is Cc1nn(CCc2ccccc2)cc1CNC(C)(C)C. The van der Waals surface area contributed by atoms with Crippen molar-refractivity contribution in [3.05, 3.63) is 53.3 Å². The molecule has 0 aliphatic heterocycles. The highest BCUT2D eigenvalue weighted by Crippen LogP contribution is 2.09. The van der Waals surface area contributed by atoms with Crippen LogP contribution in [0.15, 0.2) is 36.5 Å². The molecule has 2 aromatic rings. The van der Waals surface area contributed by atoms with Gasteiger partial charge in [0.1, 0.15) is 0 Å². The number of hydrogen-bond acceptors (Lipinski definition) is 2. The zero-order valence-corrected chi connectivity index (χ0v) is 13.0. The molecule has 0 saturated heterocycles. The van der Waals surface area contributed by atoms with Crippen LogP contribution in [0.2, 0.25) is 0 Å². The highest BCUT2D eigenvalue weighted by Gasteiger charge is 2.11. The first-order valence-electron chi connectivity index (χ1n) is 7.26. The van der Waals surface area contributed by atoms with Gasteiger partial charge in [0, 0.05) is 30.4 Å². The van der Waals surface area contributed by atoms with Crippen molar-refractivity contribution in [2.45, 2.75) is 52.7 Å². The quantitative estimate of drug-likeness (QED) is 0.904. The van der Waals surface area contributed by atoms with Crippen LogP contribution in [0.5, 0.6) is 0 Å². The zero-order valence-electron chi connectivity index (χ0n) is 13.0. The summed E-state index contributed by atoms with van der Waals surface area (Å²) in [5, 5.41) is 8.12. The van der Waals surface area contributed by atoms with Crippen molar-refractivity contribution in [1.29, 1.82) is 0 Å². The van der Waals surface area contributed by atoms with Crippen LogP contribution < -0.4 is 5.32 Å². The first-order chi connectivity index (χ1) is 9.44. The van der Waals surface area contributed by atoms with E-state index in [-0.39, 0.29) is 5.54 Å². The van der Waals surface area contributed by atoms with Crippen molar-refractivity contribution in [2.75, 3.05) is 0 Å². The molecule has 1 aromatic carbocycles. The van der Waals surface area contributed by atoms with Gasteiger partial charge in [-0.1, -0.05) is 30.3 Å². The Morgan fingerprint density at radius 2 is 1.85 bits per heavy atom. The molecule has 1 heterocycles. The maximum atomic E-state index is 4.60. The lowest BCUT2D eigenvalue weighted by Gasteiger charge is -2.20. The van der Waals surface area contributed by atoms with E-state index in [1.54, 1.807) is 0 Å². The average Bonchev–Trinajstić information content (AvgIpc) is 2.75. The van der Waals surface area contributed by atoms with Crippen molar-refractivity contribution in [3.8, 4) is 0 Å². The molecule has 1 aromatic heterocycles. The molecule has 0 saturated carbocycles. The van der Waals surface area contributed by atoms with Gasteiger partial charge < -0.3 is 5.32 Å². The van der Waals surface area contributed by atoms with Crippen LogP contribution in [0, 0.1) is 6.92 Å². The van der Waals surface area contributed by atoms with Gasteiger partial charge in [0.25, 0.3) is 0 Å². The number of rotatable bonds is 5. The highest BCUT2D eigenvalue weighted by molar-refractivity contribution is 5.17. The Morgan fingerprint density at radius 3 is 2.50 bits per heavy atom. The molecular weight excluding hydrogens is 246 g/mol. The standard InChI is InChI=1S/C17H25N3/c1-14-16(12-18-17(2,3)4)13-20(19-14)11-10-15-8-6-5-7-9-15/h5-9,13,18H,10-12H2,1-4H3. The molecule has 108 valence electrons. The van der Waals surface area contributed by atoms with Crippen LogP contribution in [-0.4, -0.2) is 15.3 Å². The molecule has 0 spiro atoms. The predicted molar refractivity (Wildman–Crippen MR) is 83.7 cm³/mol. The third kappa shape index (κ3) is 4.49. The Balaban J connectivity index is 1.93. The fraction of sp³-hybridized carbons (Fsp3) is 0.471.